The quantitative estimate of drug-likeness (QED) is 0.806. The number of amides is 1. The molecule has 0 aliphatic carbocycles. The van der Waals surface area contributed by atoms with Crippen LogP contribution in [0.25, 0.3) is 0 Å². The molecule has 0 aromatic heterocycles. The van der Waals surface area contributed by atoms with Crippen molar-refractivity contribution in [1.82, 2.24) is 4.90 Å². The molecule has 1 atom stereocenters. The number of benzene rings is 2. The number of hydrogen-bond acceptors (Lipinski definition) is 3. The molecule has 0 spiro atoms. The second kappa shape index (κ2) is 7.09. The van der Waals surface area contributed by atoms with Crippen molar-refractivity contribution in [2.45, 2.75) is 39.8 Å². The van der Waals surface area contributed by atoms with Crippen LogP contribution in [0.1, 0.15) is 39.5 Å². The number of nitrogens with zero attached hydrogens (tertiary/aromatic N) is 1. The van der Waals surface area contributed by atoms with Crippen LogP contribution in [0.2, 0.25) is 0 Å². The van der Waals surface area contributed by atoms with E-state index in [2.05, 4.69) is 6.07 Å². The Morgan fingerprint density at radius 3 is 2.48 bits per heavy atom. The monoisotopic (exact) mass is 337 g/mol. The van der Waals surface area contributed by atoms with Crippen molar-refractivity contribution < 1.29 is 14.3 Å². The third-order valence-electron chi connectivity index (χ3n) is 4.82. The molecule has 0 fully saturated rings. The smallest absolute Gasteiger partial charge is 0.338 e. The first-order valence-electron chi connectivity index (χ1n) is 8.59. The first kappa shape index (κ1) is 17.2. The number of carbonyl (C=O) groups excluding carboxylic acids is 2. The maximum Gasteiger partial charge on any atom is 0.338 e. The Morgan fingerprint density at radius 1 is 1.04 bits per heavy atom. The van der Waals surface area contributed by atoms with Gasteiger partial charge in [-0.3, -0.25) is 4.79 Å². The van der Waals surface area contributed by atoms with Gasteiger partial charge in [-0.05, 0) is 61.6 Å². The summed E-state index contributed by atoms with van der Waals surface area (Å²) in [7, 11) is 0. The van der Waals surface area contributed by atoms with Crippen LogP contribution in [-0.4, -0.2) is 29.4 Å². The Balaban J connectivity index is 1.65. The molecule has 2 aromatic carbocycles. The van der Waals surface area contributed by atoms with Gasteiger partial charge in [0.1, 0.15) is 0 Å². The van der Waals surface area contributed by atoms with Gasteiger partial charge in [-0.2, -0.15) is 0 Å². The Kier molecular flexibility index (Phi) is 4.88. The van der Waals surface area contributed by atoms with Crippen LogP contribution in [0.15, 0.2) is 42.5 Å². The highest BCUT2D eigenvalue weighted by molar-refractivity contribution is 5.92. The van der Waals surface area contributed by atoms with Gasteiger partial charge in [0.05, 0.1) is 5.56 Å². The van der Waals surface area contributed by atoms with Gasteiger partial charge in [-0.1, -0.05) is 30.3 Å². The van der Waals surface area contributed by atoms with E-state index in [4.69, 9.17) is 4.74 Å². The van der Waals surface area contributed by atoms with E-state index in [9.17, 15) is 9.59 Å². The molecule has 130 valence electrons. The van der Waals surface area contributed by atoms with Crippen LogP contribution in [0.3, 0.4) is 0 Å². The molecule has 0 N–H and O–H groups in total. The number of hydrogen-bond donors (Lipinski definition) is 0. The Labute approximate surface area is 148 Å². The fourth-order valence-electron chi connectivity index (χ4n) is 3.09. The number of esters is 1. The molecular weight excluding hydrogens is 314 g/mol. The minimum Gasteiger partial charge on any atom is -0.449 e. The predicted octanol–water partition coefficient (Wildman–Crippen LogP) is 3.43. The molecule has 2 aromatic rings. The van der Waals surface area contributed by atoms with E-state index < -0.39 is 12.1 Å². The van der Waals surface area contributed by atoms with Crippen molar-refractivity contribution in [2.24, 2.45) is 0 Å². The van der Waals surface area contributed by atoms with E-state index >= 15 is 0 Å². The number of rotatable bonds is 3. The second-order valence-corrected chi connectivity index (χ2v) is 6.63. The number of fused-ring (bicyclic) bond motifs is 1. The highest BCUT2D eigenvalue weighted by Crippen LogP contribution is 2.20. The third kappa shape index (κ3) is 3.73. The summed E-state index contributed by atoms with van der Waals surface area (Å²) in [6, 6.07) is 13.6. The number of carbonyl (C=O) groups is 2. The Bertz CT molecular complexity index is 813. The van der Waals surface area contributed by atoms with E-state index in [0.29, 0.717) is 18.7 Å². The summed E-state index contributed by atoms with van der Waals surface area (Å²) in [5, 5.41) is 0. The lowest BCUT2D eigenvalue weighted by Gasteiger charge is -2.30. The highest BCUT2D eigenvalue weighted by Gasteiger charge is 2.27. The maximum atomic E-state index is 12.6. The normalized spacial score (nSPS) is 14.6. The van der Waals surface area contributed by atoms with Crippen molar-refractivity contribution in [1.29, 1.82) is 0 Å². The van der Waals surface area contributed by atoms with Crippen LogP contribution in [0, 0.1) is 13.8 Å². The number of aryl methyl sites for hydroxylation is 2. The summed E-state index contributed by atoms with van der Waals surface area (Å²) in [4.78, 5) is 26.7. The maximum absolute atomic E-state index is 12.6. The topological polar surface area (TPSA) is 46.6 Å². The summed E-state index contributed by atoms with van der Waals surface area (Å²) < 4.78 is 5.40. The number of ether oxygens (including phenoxy) is 1. The van der Waals surface area contributed by atoms with Crippen molar-refractivity contribution >= 4 is 11.9 Å². The van der Waals surface area contributed by atoms with Crippen LogP contribution in [0.5, 0.6) is 0 Å². The molecule has 1 aliphatic heterocycles. The molecule has 4 heteroatoms. The average molecular weight is 337 g/mol. The summed E-state index contributed by atoms with van der Waals surface area (Å²) >= 11 is 0. The summed E-state index contributed by atoms with van der Waals surface area (Å²) in [5.74, 6) is -0.604. The summed E-state index contributed by atoms with van der Waals surface area (Å²) in [6.07, 6.45) is 0.0408. The largest absolute Gasteiger partial charge is 0.449 e. The van der Waals surface area contributed by atoms with Crippen LogP contribution >= 0.6 is 0 Å². The standard InChI is InChI=1S/C21H23NO3/c1-14-8-9-18(12-15(14)2)21(24)25-16(3)20(23)22-11-10-17-6-4-5-7-19(17)13-22/h4-9,12,16H,10-11,13H2,1-3H3/t16-/m1/s1. The fraction of sp³-hybridized carbons (Fsp3) is 0.333. The molecule has 3 rings (SSSR count). The van der Waals surface area contributed by atoms with E-state index in [0.717, 1.165) is 23.1 Å². The van der Waals surface area contributed by atoms with E-state index in [1.165, 1.54) is 5.56 Å². The molecule has 1 aliphatic rings. The van der Waals surface area contributed by atoms with Gasteiger partial charge in [0, 0.05) is 13.1 Å². The molecule has 1 heterocycles. The van der Waals surface area contributed by atoms with Gasteiger partial charge in [-0.15, -0.1) is 0 Å². The van der Waals surface area contributed by atoms with Crippen LogP contribution in [0.4, 0.5) is 0 Å². The molecule has 4 nitrogen and oxygen atoms in total. The lowest BCUT2D eigenvalue weighted by molar-refractivity contribution is -0.140. The van der Waals surface area contributed by atoms with E-state index in [-0.39, 0.29) is 5.91 Å². The first-order chi connectivity index (χ1) is 12.0. The molecule has 0 bridgehead atoms. The Hall–Kier alpha value is -2.62. The zero-order chi connectivity index (χ0) is 18.0. The fourth-order valence-corrected chi connectivity index (χ4v) is 3.09. The zero-order valence-corrected chi connectivity index (χ0v) is 14.9. The van der Waals surface area contributed by atoms with Gasteiger partial charge in [0.25, 0.3) is 5.91 Å². The molecule has 0 unspecified atom stereocenters. The third-order valence-corrected chi connectivity index (χ3v) is 4.82. The van der Waals surface area contributed by atoms with Crippen molar-refractivity contribution in [3.8, 4) is 0 Å². The molecule has 1 amide bonds. The minimum atomic E-state index is -0.792. The lowest BCUT2D eigenvalue weighted by Crippen LogP contribution is -2.42. The predicted molar refractivity (Wildman–Crippen MR) is 96.4 cm³/mol. The molecule has 0 radical (unpaired) electrons. The van der Waals surface area contributed by atoms with Gasteiger partial charge in [0.2, 0.25) is 0 Å². The second-order valence-electron chi connectivity index (χ2n) is 6.63. The Morgan fingerprint density at radius 2 is 1.76 bits per heavy atom. The van der Waals surface area contributed by atoms with Crippen LogP contribution in [-0.2, 0) is 22.5 Å². The molecule has 25 heavy (non-hydrogen) atoms. The van der Waals surface area contributed by atoms with E-state index in [1.807, 2.05) is 38.1 Å². The van der Waals surface area contributed by atoms with E-state index in [1.54, 1.807) is 24.0 Å². The van der Waals surface area contributed by atoms with Gasteiger partial charge in [-0.25, -0.2) is 4.79 Å². The lowest BCUT2D eigenvalue weighted by atomic mass is 9.99. The van der Waals surface area contributed by atoms with Crippen LogP contribution < -0.4 is 0 Å². The molecular formula is C21H23NO3. The van der Waals surface area contributed by atoms with Crippen molar-refractivity contribution in [2.75, 3.05) is 6.54 Å². The minimum absolute atomic E-state index is 0.147. The van der Waals surface area contributed by atoms with Gasteiger partial charge >= 0.3 is 5.97 Å². The van der Waals surface area contributed by atoms with Crippen molar-refractivity contribution in [3.05, 3.63) is 70.3 Å². The zero-order valence-electron chi connectivity index (χ0n) is 14.9. The van der Waals surface area contributed by atoms with Gasteiger partial charge < -0.3 is 9.64 Å². The average Bonchev–Trinajstić information content (AvgIpc) is 2.62. The summed E-state index contributed by atoms with van der Waals surface area (Å²) in [5.41, 5.74) is 5.07. The van der Waals surface area contributed by atoms with Gasteiger partial charge in [0.15, 0.2) is 6.10 Å². The summed E-state index contributed by atoms with van der Waals surface area (Å²) in [6.45, 7) is 6.81. The SMILES string of the molecule is Cc1ccc(C(=O)O[C@H](C)C(=O)N2CCc3ccccc3C2)cc1C. The highest BCUT2D eigenvalue weighted by atomic mass is 16.5. The molecule has 0 saturated heterocycles. The van der Waals surface area contributed by atoms with Crippen molar-refractivity contribution in [3.63, 3.8) is 0 Å². The first-order valence-corrected chi connectivity index (χ1v) is 8.59. The molecule has 0 saturated carbocycles.